The maximum Gasteiger partial charge on any atom is 0.254 e. The number of pyridine rings is 1. The lowest BCUT2D eigenvalue weighted by Gasteiger charge is -2.11. The highest BCUT2D eigenvalue weighted by Gasteiger charge is 2.09. The molecule has 0 atom stereocenters. The van der Waals surface area contributed by atoms with E-state index in [1.807, 2.05) is 31.2 Å². The zero-order valence-corrected chi connectivity index (χ0v) is 16.9. The second-order valence-electron chi connectivity index (χ2n) is 7.07. The molecule has 0 fully saturated rings. The van der Waals surface area contributed by atoms with Crippen LogP contribution < -0.4 is 5.32 Å². The summed E-state index contributed by atoms with van der Waals surface area (Å²) >= 11 is 0. The van der Waals surface area contributed by atoms with Crippen LogP contribution in [0.15, 0.2) is 49.1 Å². The molecule has 30 heavy (non-hydrogen) atoms. The summed E-state index contributed by atoms with van der Waals surface area (Å²) in [5, 5.41) is 11.5. The van der Waals surface area contributed by atoms with Crippen LogP contribution in [0.2, 0.25) is 0 Å². The number of carbonyl (C=O) groups excluding carboxylic acids is 1. The predicted molar refractivity (Wildman–Crippen MR) is 117 cm³/mol. The minimum Gasteiger partial charge on any atom is -0.345 e. The number of carbonyl (C=O) groups is 1. The van der Waals surface area contributed by atoms with Crippen molar-refractivity contribution < 1.29 is 4.79 Å². The Labute approximate surface area is 173 Å². The largest absolute Gasteiger partial charge is 0.345 e. The van der Waals surface area contributed by atoms with Crippen LogP contribution in [0, 0.1) is 6.92 Å². The van der Waals surface area contributed by atoms with Crippen molar-refractivity contribution in [2.75, 3.05) is 19.4 Å². The van der Waals surface area contributed by atoms with E-state index in [1.165, 1.54) is 11.1 Å². The number of hydrogen-bond donors (Lipinski definition) is 2. The molecular weight excluding hydrogens is 378 g/mol. The molecule has 4 rings (SSSR count). The van der Waals surface area contributed by atoms with Crippen molar-refractivity contribution in [1.82, 2.24) is 30.0 Å². The fourth-order valence-corrected chi connectivity index (χ4v) is 2.96. The summed E-state index contributed by atoms with van der Waals surface area (Å²) in [4.78, 5) is 26.5. The Hall–Kier alpha value is -4.07. The van der Waals surface area contributed by atoms with Crippen molar-refractivity contribution in [3.63, 3.8) is 0 Å². The molecule has 8 nitrogen and oxygen atoms in total. The summed E-state index contributed by atoms with van der Waals surface area (Å²) in [5.74, 6) is 0.459. The third-order valence-corrected chi connectivity index (χ3v) is 4.55. The Balaban J connectivity index is 1.46. The average molecular weight is 399 g/mol. The second-order valence-corrected chi connectivity index (χ2v) is 7.07. The summed E-state index contributed by atoms with van der Waals surface area (Å²) in [6, 6.07) is 7.82. The van der Waals surface area contributed by atoms with E-state index in [2.05, 4.69) is 36.5 Å². The molecule has 1 aromatic carbocycles. The Bertz CT molecular complexity index is 1230. The van der Waals surface area contributed by atoms with Crippen LogP contribution in [-0.4, -0.2) is 50.1 Å². The van der Waals surface area contributed by atoms with Gasteiger partial charge in [0.2, 0.25) is 0 Å². The number of aryl methyl sites for hydroxylation is 1. The molecule has 2 N–H and O–H groups in total. The van der Waals surface area contributed by atoms with E-state index in [0.29, 0.717) is 17.1 Å². The van der Waals surface area contributed by atoms with Gasteiger partial charge < -0.3 is 10.2 Å². The summed E-state index contributed by atoms with van der Waals surface area (Å²) in [7, 11) is 3.41. The van der Waals surface area contributed by atoms with Gasteiger partial charge >= 0.3 is 0 Å². The summed E-state index contributed by atoms with van der Waals surface area (Å²) in [6.45, 7) is 2.00. The van der Waals surface area contributed by atoms with Gasteiger partial charge in [-0.05, 0) is 36.8 Å². The monoisotopic (exact) mass is 399 g/mol. The van der Waals surface area contributed by atoms with Crippen LogP contribution in [0.1, 0.15) is 27.3 Å². The Kier molecular flexibility index (Phi) is 5.21. The number of anilines is 2. The molecule has 0 aliphatic heterocycles. The zero-order valence-electron chi connectivity index (χ0n) is 16.9. The van der Waals surface area contributed by atoms with Gasteiger partial charge in [-0.3, -0.25) is 19.9 Å². The first-order chi connectivity index (χ1) is 14.5. The molecule has 4 aromatic rings. The molecule has 0 spiro atoms. The minimum absolute atomic E-state index is 0.110. The molecule has 0 saturated carbocycles. The number of hydrogen-bond acceptors (Lipinski definition) is 6. The van der Waals surface area contributed by atoms with E-state index in [1.54, 1.807) is 38.8 Å². The normalized spacial score (nSPS) is 11.2. The number of aromatic amines is 1. The third-order valence-electron chi connectivity index (χ3n) is 4.55. The average Bonchev–Trinajstić information content (AvgIpc) is 3.13. The Morgan fingerprint density at radius 1 is 1.07 bits per heavy atom. The van der Waals surface area contributed by atoms with Crippen LogP contribution in [0.25, 0.3) is 23.1 Å². The number of benzene rings is 1. The molecule has 150 valence electrons. The first-order valence-electron chi connectivity index (χ1n) is 9.38. The SMILES string of the molecule is Cc1[nH]nc2ccc(/C=C/c3cnc(Nc4cncc(C(=O)N(C)C)c4)cn3)cc12. The lowest BCUT2D eigenvalue weighted by atomic mass is 10.1. The van der Waals surface area contributed by atoms with E-state index in [4.69, 9.17) is 0 Å². The second kappa shape index (κ2) is 8.12. The molecule has 3 heterocycles. The number of rotatable bonds is 5. The van der Waals surface area contributed by atoms with Crippen molar-refractivity contribution in [1.29, 1.82) is 0 Å². The fourth-order valence-electron chi connectivity index (χ4n) is 2.96. The molecule has 0 radical (unpaired) electrons. The van der Waals surface area contributed by atoms with E-state index >= 15 is 0 Å². The van der Waals surface area contributed by atoms with Crippen molar-refractivity contribution in [3.8, 4) is 0 Å². The highest BCUT2D eigenvalue weighted by Crippen LogP contribution is 2.19. The van der Waals surface area contributed by atoms with Gasteiger partial charge in [-0.25, -0.2) is 4.98 Å². The maximum atomic E-state index is 12.1. The predicted octanol–water partition coefficient (Wildman–Crippen LogP) is 3.67. The summed E-state index contributed by atoms with van der Waals surface area (Å²) in [6.07, 6.45) is 10.4. The van der Waals surface area contributed by atoms with Gasteiger partial charge in [-0.1, -0.05) is 12.1 Å². The van der Waals surface area contributed by atoms with Crippen molar-refractivity contribution in [2.24, 2.45) is 0 Å². The van der Waals surface area contributed by atoms with Gasteiger partial charge in [0.1, 0.15) is 5.82 Å². The lowest BCUT2D eigenvalue weighted by Crippen LogP contribution is -2.21. The number of amides is 1. The number of H-pyrrole nitrogens is 1. The Morgan fingerprint density at radius 3 is 2.70 bits per heavy atom. The third kappa shape index (κ3) is 4.17. The van der Waals surface area contributed by atoms with E-state index in [0.717, 1.165) is 27.9 Å². The van der Waals surface area contributed by atoms with E-state index in [-0.39, 0.29) is 5.91 Å². The van der Waals surface area contributed by atoms with E-state index < -0.39 is 0 Å². The van der Waals surface area contributed by atoms with Gasteiger partial charge in [0.05, 0.1) is 41.1 Å². The van der Waals surface area contributed by atoms with Crippen LogP contribution in [0.5, 0.6) is 0 Å². The molecule has 0 saturated heterocycles. The van der Waals surface area contributed by atoms with Crippen molar-refractivity contribution >= 4 is 40.5 Å². The molecule has 3 aromatic heterocycles. The van der Waals surface area contributed by atoms with Gasteiger partial charge in [0.25, 0.3) is 5.91 Å². The Morgan fingerprint density at radius 2 is 1.93 bits per heavy atom. The van der Waals surface area contributed by atoms with Crippen molar-refractivity contribution in [2.45, 2.75) is 6.92 Å². The number of nitrogens with one attached hydrogen (secondary N) is 2. The van der Waals surface area contributed by atoms with Gasteiger partial charge in [-0.2, -0.15) is 5.10 Å². The summed E-state index contributed by atoms with van der Waals surface area (Å²) < 4.78 is 0. The van der Waals surface area contributed by atoms with Gasteiger partial charge in [-0.15, -0.1) is 0 Å². The minimum atomic E-state index is -0.110. The molecule has 0 bridgehead atoms. The first kappa shape index (κ1) is 19.3. The quantitative estimate of drug-likeness (QED) is 0.531. The topological polar surface area (TPSA) is 99.7 Å². The molecule has 8 heteroatoms. The van der Waals surface area contributed by atoms with Crippen LogP contribution in [0.4, 0.5) is 11.5 Å². The molecule has 0 aliphatic rings. The number of aromatic nitrogens is 5. The molecule has 0 unspecified atom stereocenters. The molecule has 1 amide bonds. The molecular formula is C22H21N7O. The highest BCUT2D eigenvalue weighted by atomic mass is 16.2. The standard InChI is InChI=1S/C22H21N7O/c1-14-19-8-15(5-7-20(19)28-27-14)4-6-17-12-25-21(13-24-17)26-18-9-16(10-23-11-18)22(30)29(2)3/h4-13H,1-3H3,(H,25,26)(H,27,28)/b6-4+. The molecule has 0 aliphatic carbocycles. The first-order valence-corrected chi connectivity index (χ1v) is 9.38. The maximum absolute atomic E-state index is 12.1. The highest BCUT2D eigenvalue weighted by molar-refractivity contribution is 5.94. The fraction of sp³-hybridized carbons (Fsp3) is 0.136. The zero-order chi connectivity index (χ0) is 21.1. The smallest absolute Gasteiger partial charge is 0.254 e. The van der Waals surface area contributed by atoms with Crippen molar-refractivity contribution in [3.05, 3.63) is 71.6 Å². The van der Waals surface area contributed by atoms with Crippen LogP contribution in [0.3, 0.4) is 0 Å². The van der Waals surface area contributed by atoms with Crippen LogP contribution in [-0.2, 0) is 0 Å². The number of fused-ring (bicyclic) bond motifs is 1. The summed E-state index contributed by atoms with van der Waals surface area (Å²) in [5.41, 5.74) is 4.96. The lowest BCUT2D eigenvalue weighted by molar-refractivity contribution is 0.0827. The number of nitrogens with zero attached hydrogens (tertiary/aromatic N) is 5. The van der Waals surface area contributed by atoms with Gasteiger partial charge in [0, 0.05) is 31.4 Å². The van der Waals surface area contributed by atoms with Crippen LogP contribution >= 0.6 is 0 Å². The van der Waals surface area contributed by atoms with Gasteiger partial charge in [0.15, 0.2) is 0 Å². The van der Waals surface area contributed by atoms with E-state index in [9.17, 15) is 4.79 Å².